The minimum absolute atomic E-state index is 0.0557. The van der Waals surface area contributed by atoms with Crippen LogP contribution in [0.15, 0.2) is 12.4 Å². The molecule has 138 valence electrons. The SMILES string of the molecule is CCNc1nc(Nc2cn([C@H]3C[C@@H](C#N)C3)nc2C)ncc1C(F)(F)F. The fourth-order valence-electron chi connectivity index (χ4n) is 2.77. The molecule has 2 aromatic heterocycles. The number of rotatable bonds is 5. The van der Waals surface area contributed by atoms with Crippen molar-refractivity contribution in [1.82, 2.24) is 19.7 Å². The third kappa shape index (κ3) is 3.56. The number of hydrogen-bond donors (Lipinski definition) is 2. The molecule has 0 bridgehead atoms. The molecule has 0 unspecified atom stereocenters. The first-order chi connectivity index (χ1) is 12.3. The first kappa shape index (κ1) is 18.0. The second-order valence-corrected chi connectivity index (χ2v) is 6.17. The molecule has 0 spiro atoms. The molecule has 1 fully saturated rings. The van der Waals surface area contributed by atoms with Crippen LogP contribution in [-0.2, 0) is 6.18 Å². The molecule has 1 aliphatic carbocycles. The van der Waals surface area contributed by atoms with Gasteiger partial charge in [-0.15, -0.1) is 0 Å². The van der Waals surface area contributed by atoms with Gasteiger partial charge in [0.15, 0.2) is 0 Å². The summed E-state index contributed by atoms with van der Waals surface area (Å²) in [4.78, 5) is 7.72. The molecule has 0 radical (unpaired) electrons. The van der Waals surface area contributed by atoms with Crippen LogP contribution >= 0.6 is 0 Å². The lowest BCUT2D eigenvalue weighted by atomic mass is 9.81. The van der Waals surface area contributed by atoms with Crippen LogP contribution in [0, 0.1) is 24.2 Å². The monoisotopic (exact) mass is 365 g/mol. The van der Waals surface area contributed by atoms with Gasteiger partial charge in [-0.25, -0.2) is 4.98 Å². The van der Waals surface area contributed by atoms with E-state index in [2.05, 4.69) is 31.8 Å². The molecule has 2 N–H and O–H groups in total. The Kier molecular flexibility index (Phi) is 4.71. The van der Waals surface area contributed by atoms with E-state index in [0.29, 0.717) is 17.9 Å². The number of alkyl halides is 3. The van der Waals surface area contributed by atoms with Gasteiger partial charge in [0.25, 0.3) is 0 Å². The third-order valence-electron chi connectivity index (χ3n) is 4.27. The molecule has 0 saturated heterocycles. The number of halogens is 3. The van der Waals surface area contributed by atoms with E-state index in [1.165, 1.54) is 0 Å². The molecule has 7 nitrogen and oxygen atoms in total. The second kappa shape index (κ2) is 6.82. The fraction of sp³-hybridized carbons (Fsp3) is 0.500. The van der Waals surface area contributed by atoms with E-state index in [1.54, 1.807) is 24.7 Å². The molecule has 0 aromatic carbocycles. The van der Waals surface area contributed by atoms with Gasteiger partial charge >= 0.3 is 6.18 Å². The zero-order chi connectivity index (χ0) is 18.9. The second-order valence-electron chi connectivity index (χ2n) is 6.17. The Bertz CT molecular complexity index is 831. The van der Waals surface area contributed by atoms with Gasteiger partial charge in [0, 0.05) is 18.9 Å². The third-order valence-corrected chi connectivity index (χ3v) is 4.27. The van der Waals surface area contributed by atoms with Crippen LogP contribution < -0.4 is 10.6 Å². The molecule has 10 heteroatoms. The maximum atomic E-state index is 13.0. The van der Waals surface area contributed by atoms with Crippen molar-refractivity contribution in [2.45, 2.75) is 38.9 Å². The summed E-state index contributed by atoms with van der Waals surface area (Å²) < 4.78 is 40.8. The number of nitrogens with one attached hydrogen (secondary N) is 2. The van der Waals surface area contributed by atoms with Crippen molar-refractivity contribution in [3.05, 3.63) is 23.7 Å². The normalized spacial score (nSPS) is 19.5. The Labute approximate surface area is 148 Å². The lowest BCUT2D eigenvalue weighted by Crippen LogP contribution is -2.26. The van der Waals surface area contributed by atoms with Gasteiger partial charge in [-0.2, -0.15) is 28.5 Å². The molecule has 26 heavy (non-hydrogen) atoms. The summed E-state index contributed by atoms with van der Waals surface area (Å²) in [6, 6.07) is 2.39. The highest BCUT2D eigenvalue weighted by atomic mass is 19.4. The van der Waals surface area contributed by atoms with Crippen LogP contribution in [-0.4, -0.2) is 26.3 Å². The number of nitriles is 1. The lowest BCUT2D eigenvalue weighted by molar-refractivity contribution is -0.137. The van der Waals surface area contributed by atoms with Crippen LogP contribution in [0.2, 0.25) is 0 Å². The molecule has 1 aliphatic rings. The van der Waals surface area contributed by atoms with Gasteiger partial charge in [-0.05, 0) is 26.7 Å². The van der Waals surface area contributed by atoms with E-state index < -0.39 is 11.7 Å². The minimum Gasteiger partial charge on any atom is -0.370 e. The molecule has 2 heterocycles. The van der Waals surface area contributed by atoms with Crippen molar-refractivity contribution in [1.29, 1.82) is 5.26 Å². The number of hydrogen-bond acceptors (Lipinski definition) is 6. The summed E-state index contributed by atoms with van der Waals surface area (Å²) in [5.41, 5.74) is 0.390. The summed E-state index contributed by atoms with van der Waals surface area (Å²) in [6.07, 6.45) is -0.507. The average molecular weight is 365 g/mol. The van der Waals surface area contributed by atoms with Gasteiger partial charge in [0.1, 0.15) is 11.4 Å². The van der Waals surface area contributed by atoms with E-state index in [-0.39, 0.29) is 23.7 Å². The van der Waals surface area contributed by atoms with E-state index in [1.807, 2.05) is 0 Å². The molecular weight excluding hydrogens is 347 g/mol. The van der Waals surface area contributed by atoms with Crippen LogP contribution in [0.5, 0.6) is 0 Å². The highest BCUT2D eigenvalue weighted by molar-refractivity contribution is 5.58. The molecule has 0 aliphatic heterocycles. The van der Waals surface area contributed by atoms with Crippen molar-refractivity contribution in [2.75, 3.05) is 17.2 Å². The minimum atomic E-state index is -4.53. The molecule has 2 aromatic rings. The number of aromatic nitrogens is 4. The highest BCUT2D eigenvalue weighted by Crippen LogP contribution is 2.38. The summed E-state index contributed by atoms with van der Waals surface area (Å²) in [5.74, 6) is -0.152. The Balaban J connectivity index is 1.80. The first-order valence-corrected chi connectivity index (χ1v) is 8.22. The van der Waals surface area contributed by atoms with Gasteiger partial charge < -0.3 is 10.6 Å². The maximum absolute atomic E-state index is 13.0. The van der Waals surface area contributed by atoms with Crippen LogP contribution in [0.3, 0.4) is 0 Å². The lowest BCUT2D eigenvalue weighted by Gasteiger charge is -2.30. The van der Waals surface area contributed by atoms with Crippen molar-refractivity contribution < 1.29 is 13.2 Å². The van der Waals surface area contributed by atoms with Crippen LogP contribution in [0.25, 0.3) is 0 Å². The van der Waals surface area contributed by atoms with Gasteiger partial charge in [0.05, 0.1) is 29.4 Å². The van der Waals surface area contributed by atoms with Gasteiger partial charge in [-0.1, -0.05) is 0 Å². The fourth-order valence-corrected chi connectivity index (χ4v) is 2.77. The zero-order valence-corrected chi connectivity index (χ0v) is 14.3. The number of nitrogens with zero attached hydrogens (tertiary/aromatic N) is 5. The summed E-state index contributed by atoms with van der Waals surface area (Å²) in [5, 5.41) is 18.8. The first-order valence-electron chi connectivity index (χ1n) is 8.22. The summed E-state index contributed by atoms with van der Waals surface area (Å²) >= 11 is 0. The van der Waals surface area contributed by atoms with Gasteiger partial charge in [-0.3, -0.25) is 4.68 Å². The molecular formula is C16H18F3N7. The predicted octanol–water partition coefficient (Wildman–Crippen LogP) is 3.65. The molecule has 1 saturated carbocycles. The van der Waals surface area contributed by atoms with Crippen molar-refractivity contribution in [2.24, 2.45) is 5.92 Å². The summed E-state index contributed by atoms with van der Waals surface area (Å²) in [6.45, 7) is 3.78. The molecule has 0 amide bonds. The van der Waals surface area contributed by atoms with Gasteiger partial charge in [0.2, 0.25) is 5.95 Å². The standard InChI is InChI=1S/C16H18F3N7/c1-3-21-14-12(16(17,18)19)7-22-15(24-14)23-13-8-26(25-9(13)2)11-4-10(5-11)6-20/h7-8,10-11H,3-5H2,1-2H3,(H2,21,22,23,24)/t10-,11+. The number of anilines is 3. The Morgan fingerprint density at radius 3 is 2.73 bits per heavy atom. The Morgan fingerprint density at radius 2 is 2.12 bits per heavy atom. The van der Waals surface area contributed by atoms with E-state index in [4.69, 9.17) is 5.26 Å². The molecule has 3 rings (SSSR count). The molecule has 0 atom stereocenters. The van der Waals surface area contributed by atoms with Crippen molar-refractivity contribution >= 4 is 17.5 Å². The Hall–Kier alpha value is -2.83. The highest BCUT2D eigenvalue weighted by Gasteiger charge is 2.35. The van der Waals surface area contributed by atoms with Crippen LogP contribution in [0.1, 0.15) is 37.1 Å². The van der Waals surface area contributed by atoms with Crippen molar-refractivity contribution in [3.63, 3.8) is 0 Å². The predicted molar refractivity (Wildman–Crippen MR) is 88.8 cm³/mol. The van der Waals surface area contributed by atoms with Crippen LogP contribution in [0.4, 0.5) is 30.6 Å². The van der Waals surface area contributed by atoms with E-state index in [0.717, 1.165) is 19.0 Å². The van der Waals surface area contributed by atoms with E-state index >= 15 is 0 Å². The Morgan fingerprint density at radius 1 is 1.38 bits per heavy atom. The quantitative estimate of drug-likeness (QED) is 0.840. The van der Waals surface area contributed by atoms with E-state index in [9.17, 15) is 13.2 Å². The van der Waals surface area contributed by atoms with Crippen molar-refractivity contribution in [3.8, 4) is 6.07 Å². The summed E-state index contributed by atoms with van der Waals surface area (Å²) in [7, 11) is 0. The smallest absolute Gasteiger partial charge is 0.370 e. The largest absolute Gasteiger partial charge is 0.421 e. The number of aryl methyl sites for hydroxylation is 1. The average Bonchev–Trinajstić information content (AvgIpc) is 2.86. The zero-order valence-electron chi connectivity index (χ0n) is 14.3. The maximum Gasteiger partial charge on any atom is 0.421 e. The topological polar surface area (TPSA) is 91.5 Å².